The summed E-state index contributed by atoms with van der Waals surface area (Å²) in [6.07, 6.45) is 0. The van der Waals surface area contributed by atoms with Crippen LogP contribution in [0.4, 0.5) is 0 Å². The van der Waals surface area contributed by atoms with Crippen LogP contribution in [0.5, 0.6) is 5.75 Å². The van der Waals surface area contributed by atoms with Gasteiger partial charge in [-0.3, -0.25) is 4.90 Å². The van der Waals surface area contributed by atoms with Gasteiger partial charge in [0.2, 0.25) is 0 Å². The summed E-state index contributed by atoms with van der Waals surface area (Å²) in [5.74, 6) is 0.306. The Bertz CT molecular complexity index is 565. The van der Waals surface area contributed by atoms with Gasteiger partial charge in [-0.2, -0.15) is 0 Å². The van der Waals surface area contributed by atoms with Gasteiger partial charge in [0.25, 0.3) is 0 Å². The Kier molecular flexibility index (Phi) is 3.23. The second kappa shape index (κ2) is 5.03. The Labute approximate surface area is 113 Å². The van der Waals surface area contributed by atoms with Crippen LogP contribution in [0.25, 0.3) is 0 Å². The van der Waals surface area contributed by atoms with Crippen LogP contribution in [0.2, 0.25) is 0 Å². The van der Waals surface area contributed by atoms with E-state index in [0.717, 1.165) is 13.1 Å². The van der Waals surface area contributed by atoms with Gasteiger partial charge in [-0.15, -0.1) is 0 Å². The summed E-state index contributed by atoms with van der Waals surface area (Å²) in [6.45, 7) is 2.47. The highest BCUT2D eigenvalue weighted by Crippen LogP contribution is 2.38. The molecule has 0 amide bonds. The fourth-order valence-electron chi connectivity index (χ4n) is 2.87. The number of fused-ring (bicyclic) bond motifs is 1. The molecule has 3 nitrogen and oxygen atoms in total. The van der Waals surface area contributed by atoms with E-state index < -0.39 is 0 Å². The van der Waals surface area contributed by atoms with Crippen molar-refractivity contribution in [3.63, 3.8) is 0 Å². The minimum absolute atomic E-state index is 0.250. The lowest BCUT2D eigenvalue weighted by atomic mass is 9.98. The fourth-order valence-corrected chi connectivity index (χ4v) is 2.87. The Balaban J connectivity index is 2.02. The molecule has 1 aliphatic heterocycles. The van der Waals surface area contributed by atoms with E-state index in [1.807, 2.05) is 12.1 Å². The molecule has 0 bridgehead atoms. The predicted octanol–water partition coefficient (Wildman–Crippen LogP) is 2.26. The predicted molar refractivity (Wildman–Crippen MR) is 75.9 cm³/mol. The molecule has 3 N–H and O–H groups in total. The average Bonchev–Trinajstić information content (AvgIpc) is 2.78. The van der Waals surface area contributed by atoms with Crippen LogP contribution in [0.1, 0.15) is 22.7 Å². The number of hydrogen-bond donors (Lipinski definition) is 2. The molecule has 1 unspecified atom stereocenters. The summed E-state index contributed by atoms with van der Waals surface area (Å²) < 4.78 is 0. The van der Waals surface area contributed by atoms with Crippen LogP contribution in [-0.4, -0.2) is 23.1 Å². The number of benzene rings is 2. The lowest BCUT2D eigenvalue weighted by molar-refractivity contribution is 0.251. The molecule has 98 valence electrons. The number of rotatable bonds is 3. The fraction of sp³-hybridized carbons (Fsp3) is 0.250. The molecule has 2 aromatic rings. The first-order valence-electron chi connectivity index (χ1n) is 6.60. The summed E-state index contributed by atoms with van der Waals surface area (Å²) >= 11 is 0. The van der Waals surface area contributed by atoms with Crippen LogP contribution in [0.3, 0.4) is 0 Å². The van der Waals surface area contributed by atoms with E-state index in [9.17, 15) is 5.11 Å². The molecule has 3 rings (SSSR count). The first kappa shape index (κ1) is 12.2. The van der Waals surface area contributed by atoms with Gasteiger partial charge >= 0.3 is 0 Å². The molecule has 2 aromatic carbocycles. The van der Waals surface area contributed by atoms with Crippen molar-refractivity contribution in [3.05, 3.63) is 65.2 Å². The zero-order chi connectivity index (χ0) is 13.2. The monoisotopic (exact) mass is 254 g/mol. The van der Waals surface area contributed by atoms with Crippen molar-refractivity contribution >= 4 is 0 Å². The van der Waals surface area contributed by atoms with E-state index in [4.69, 9.17) is 5.73 Å². The maximum Gasteiger partial charge on any atom is 0.115 e. The van der Waals surface area contributed by atoms with Crippen LogP contribution in [-0.2, 0) is 6.54 Å². The van der Waals surface area contributed by atoms with Crippen molar-refractivity contribution in [2.24, 2.45) is 5.73 Å². The van der Waals surface area contributed by atoms with E-state index in [0.29, 0.717) is 12.3 Å². The van der Waals surface area contributed by atoms with Crippen molar-refractivity contribution in [1.82, 2.24) is 4.90 Å². The Morgan fingerprint density at radius 3 is 2.58 bits per heavy atom. The molecular formula is C16H18N2O. The molecule has 0 radical (unpaired) electrons. The first-order chi connectivity index (χ1) is 9.29. The van der Waals surface area contributed by atoms with Crippen LogP contribution in [0.15, 0.2) is 48.5 Å². The Hall–Kier alpha value is -1.84. The van der Waals surface area contributed by atoms with Gasteiger partial charge in [0.05, 0.1) is 6.04 Å². The summed E-state index contributed by atoms with van der Waals surface area (Å²) in [7, 11) is 0. The molecule has 3 heteroatoms. The van der Waals surface area contributed by atoms with E-state index in [1.54, 1.807) is 12.1 Å². The molecule has 0 spiro atoms. The number of nitrogens with zero attached hydrogens (tertiary/aromatic N) is 1. The summed E-state index contributed by atoms with van der Waals surface area (Å²) in [5.41, 5.74) is 9.65. The second-order valence-corrected chi connectivity index (χ2v) is 4.95. The zero-order valence-corrected chi connectivity index (χ0v) is 10.8. The molecule has 0 aliphatic carbocycles. The van der Waals surface area contributed by atoms with Gasteiger partial charge in [0, 0.05) is 19.6 Å². The van der Waals surface area contributed by atoms with Crippen LogP contribution in [0, 0.1) is 0 Å². The molecule has 1 aliphatic rings. The molecule has 0 saturated heterocycles. The molecule has 0 fully saturated rings. The lowest BCUT2D eigenvalue weighted by Gasteiger charge is -2.25. The molecule has 19 heavy (non-hydrogen) atoms. The summed E-state index contributed by atoms with van der Waals surface area (Å²) in [4.78, 5) is 2.39. The van der Waals surface area contributed by atoms with Crippen molar-refractivity contribution in [1.29, 1.82) is 0 Å². The Morgan fingerprint density at radius 2 is 1.84 bits per heavy atom. The summed E-state index contributed by atoms with van der Waals surface area (Å²) in [5, 5.41) is 9.43. The molecule has 0 saturated carbocycles. The number of phenolic OH excluding ortho intramolecular Hbond substituents is 1. The Morgan fingerprint density at radius 1 is 1.11 bits per heavy atom. The quantitative estimate of drug-likeness (QED) is 0.883. The SMILES string of the molecule is NCCN1Cc2ccccc2C1c1ccc(O)cc1. The third-order valence-electron chi connectivity index (χ3n) is 3.71. The van der Waals surface area contributed by atoms with E-state index in [1.165, 1.54) is 16.7 Å². The topological polar surface area (TPSA) is 49.5 Å². The summed E-state index contributed by atoms with van der Waals surface area (Å²) in [6, 6.07) is 16.3. The highest BCUT2D eigenvalue weighted by atomic mass is 16.3. The smallest absolute Gasteiger partial charge is 0.115 e. The van der Waals surface area contributed by atoms with Gasteiger partial charge in [-0.1, -0.05) is 36.4 Å². The van der Waals surface area contributed by atoms with E-state index >= 15 is 0 Å². The number of phenols is 1. The van der Waals surface area contributed by atoms with Gasteiger partial charge in [0.15, 0.2) is 0 Å². The van der Waals surface area contributed by atoms with Gasteiger partial charge in [-0.25, -0.2) is 0 Å². The van der Waals surface area contributed by atoms with E-state index in [2.05, 4.69) is 29.2 Å². The highest BCUT2D eigenvalue weighted by Gasteiger charge is 2.30. The van der Waals surface area contributed by atoms with Crippen LogP contribution >= 0.6 is 0 Å². The number of nitrogens with two attached hydrogens (primary N) is 1. The lowest BCUT2D eigenvalue weighted by Crippen LogP contribution is -2.28. The minimum Gasteiger partial charge on any atom is -0.508 e. The maximum absolute atomic E-state index is 9.43. The highest BCUT2D eigenvalue weighted by molar-refractivity contribution is 5.42. The van der Waals surface area contributed by atoms with Gasteiger partial charge in [0.1, 0.15) is 5.75 Å². The van der Waals surface area contributed by atoms with Crippen LogP contribution < -0.4 is 5.73 Å². The van der Waals surface area contributed by atoms with Gasteiger partial charge < -0.3 is 10.8 Å². The van der Waals surface area contributed by atoms with Crippen molar-refractivity contribution < 1.29 is 5.11 Å². The normalized spacial score (nSPS) is 18.5. The third-order valence-corrected chi connectivity index (χ3v) is 3.71. The first-order valence-corrected chi connectivity index (χ1v) is 6.60. The largest absolute Gasteiger partial charge is 0.508 e. The van der Waals surface area contributed by atoms with E-state index in [-0.39, 0.29) is 6.04 Å². The molecule has 1 atom stereocenters. The minimum atomic E-state index is 0.250. The number of aromatic hydroxyl groups is 1. The van der Waals surface area contributed by atoms with Gasteiger partial charge in [-0.05, 0) is 28.8 Å². The number of hydrogen-bond acceptors (Lipinski definition) is 3. The second-order valence-electron chi connectivity index (χ2n) is 4.95. The zero-order valence-electron chi connectivity index (χ0n) is 10.8. The van der Waals surface area contributed by atoms with Crippen molar-refractivity contribution in [3.8, 4) is 5.75 Å². The average molecular weight is 254 g/mol. The standard InChI is InChI=1S/C16H18N2O/c17-9-10-18-11-13-3-1-2-4-15(13)16(18)12-5-7-14(19)8-6-12/h1-8,16,19H,9-11,17H2. The third kappa shape index (κ3) is 2.23. The van der Waals surface area contributed by atoms with Crippen molar-refractivity contribution in [2.75, 3.05) is 13.1 Å². The molecular weight excluding hydrogens is 236 g/mol. The molecule has 0 aromatic heterocycles. The molecule has 1 heterocycles. The van der Waals surface area contributed by atoms with Crippen molar-refractivity contribution in [2.45, 2.75) is 12.6 Å². The maximum atomic E-state index is 9.43.